The molecule has 0 unspecified atom stereocenters. The number of nitrogens with zero attached hydrogens (tertiary/aromatic N) is 3. The average Bonchev–Trinajstić information content (AvgIpc) is 2.72. The van der Waals surface area contributed by atoms with Gasteiger partial charge in [-0.1, -0.05) is 18.2 Å². The summed E-state index contributed by atoms with van der Waals surface area (Å²) >= 11 is 0. The largest absolute Gasteiger partial charge is 0.465 e. The van der Waals surface area contributed by atoms with E-state index >= 15 is 0 Å². The van der Waals surface area contributed by atoms with Crippen molar-refractivity contribution < 1.29 is 14.3 Å². The van der Waals surface area contributed by atoms with Crippen LogP contribution < -0.4 is 10.6 Å². The molecule has 0 atom stereocenters. The minimum Gasteiger partial charge on any atom is -0.465 e. The third-order valence-corrected chi connectivity index (χ3v) is 3.84. The van der Waals surface area contributed by atoms with Crippen molar-refractivity contribution in [2.75, 3.05) is 12.4 Å². The first-order chi connectivity index (χ1) is 13.6. The number of aryl methyl sites for hydroxylation is 1. The summed E-state index contributed by atoms with van der Waals surface area (Å²) in [5, 5.41) is 5.86. The second-order valence-electron chi connectivity index (χ2n) is 5.89. The number of amides is 1. The Morgan fingerprint density at radius 1 is 1.11 bits per heavy atom. The molecule has 8 nitrogen and oxygen atoms in total. The highest BCUT2D eigenvalue weighted by Crippen LogP contribution is 2.21. The van der Waals surface area contributed by atoms with Crippen LogP contribution in [-0.2, 0) is 11.3 Å². The summed E-state index contributed by atoms with van der Waals surface area (Å²) in [6.07, 6.45) is 3.35. The summed E-state index contributed by atoms with van der Waals surface area (Å²) in [7, 11) is 1.32. The smallest absolute Gasteiger partial charge is 0.339 e. The number of methoxy groups -OCH3 is 1. The minimum atomic E-state index is -0.469. The van der Waals surface area contributed by atoms with Gasteiger partial charge in [0.25, 0.3) is 5.91 Å². The molecule has 0 aliphatic rings. The Bertz CT molecular complexity index is 992. The first-order valence-corrected chi connectivity index (χ1v) is 8.54. The maximum Gasteiger partial charge on any atom is 0.339 e. The molecule has 2 N–H and O–H groups in total. The highest BCUT2D eigenvalue weighted by molar-refractivity contribution is 5.97. The molecule has 0 fully saturated rings. The van der Waals surface area contributed by atoms with Crippen molar-refractivity contribution in [1.82, 2.24) is 20.3 Å². The van der Waals surface area contributed by atoms with Gasteiger partial charge in [0.05, 0.1) is 18.4 Å². The molecular formula is C20H19N5O3. The van der Waals surface area contributed by atoms with Gasteiger partial charge in [0.2, 0.25) is 0 Å². The van der Waals surface area contributed by atoms with Crippen molar-refractivity contribution in [3.63, 3.8) is 0 Å². The normalized spacial score (nSPS) is 10.2. The van der Waals surface area contributed by atoms with E-state index in [1.54, 1.807) is 49.6 Å². The van der Waals surface area contributed by atoms with Gasteiger partial charge in [0.15, 0.2) is 0 Å². The van der Waals surface area contributed by atoms with Crippen LogP contribution >= 0.6 is 0 Å². The molecule has 0 aliphatic carbocycles. The molecule has 0 saturated carbocycles. The number of carbonyl (C=O) groups is 2. The Labute approximate surface area is 162 Å². The second kappa shape index (κ2) is 8.72. The average molecular weight is 377 g/mol. The van der Waals surface area contributed by atoms with Crippen LogP contribution in [0.25, 0.3) is 0 Å². The number of aromatic nitrogens is 3. The SMILES string of the molecule is COC(=O)c1ccccc1Nc1cc(C(=O)NCc2cccnc2)nc(C)n1. The summed E-state index contributed by atoms with van der Waals surface area (Å²) < 4.78 is 4.79. The molecule has 2 heterocycles. The molecule has 8 heteroatoms. The summed E-state index contributed by atoms with van der Waals surface area (Å²) in [5.41, 5.74) is 1.99. The van der Waals surface area contributed by atoms with Crippen LogP contribution in [-0.4, -0.2) is 33.9 Å². The number of esters is 1. The number of hydrogen-bond acceptors (Lipinski definition) is 7. The lowest BCUT2D eigenvalue weighted by Gasteiger charge is -2.11. The lowest BCUT2D eigenvalue weighted by molar-refractivity contribution is 0.0601. The zero-order valence-corrected chi connectivity index (χ0v) is 15.5. The van der Waals surface area contributed by atoms with E-state index in [-0.39, 0.29) is 11.6 Å². The van der Waals surface area contributed by atoms with Crippen LogP contribution in [0.5, 0.6) is 0 Å². The topological polar surface area (TPSA) is 106 Å². The minimum absolute atomic E-state index is 0.217. The van der Waals surface area contributed by atoms with Crippen molar-refractivity contribution >= 4 is 23.4 Å². The van der Waals surface area contributed by atoms with E-state index in [0.717, 1.165) is 5.56 Å². The third kappa shape index (κ3) is 4.67. The van der Waals surface area contributed by atoms with Crippen LogP contribution in [0.1, 0.15) is 32.2 Å². The number of hydrogen-bond donors (Lipinski definition) is 2. The Hall–Kier alpha value is -3.81. The fourth-order valence-corrected chi connectivity index (χ4v) is 2.54. The molecule has 2 aromatic heterocycles. The number of carbonyl (C=O) groups excluding carboxylic acids is 2. The number of rotatable bonds is 6. The standard InChI is InChI=1S/C20H19N5O3/c1-13-23-17(19(26)22-12-14-6-5-9-21-11-14)10-18(24-13)25-16-8-4-3-7-15(16)20(27)28-2/h3-11H,12H2,1-2H3,(H,22,26)(H,23,24,25). The van der Waals surface area contributed by atoms with Crippen molar-refractivity contribution in [2.45, 2.75) is 13.5 Å². The quantitative estimate of drug-likeness (QED) is 0.636. The van der Waals surface area contributed by atoms with Gasteiger partial charge in [0, 0.05) is 25.0 Å². The molecule has 0 aliphatic heterocycles. The Balaban J connectivity index is 1.78. The Morgan fingerprint density at radius 3 is 2.68 bits per heavy atom. The summed E-state index contributed by atoms with van der Waals surface area (Å²) in [5.74, 6) is 0.0180. The number of benzene rings is 1. The highest BCUT2D eigenvalue weighted by Gasteiger charge is 2.14. The molecule has 3 rings (SSSR count). The monoisotopic (exact) mass is 377 g/mol. The molecule has 0 bridgehead atoms. The predicted molar refractivity (Wildman–Crippen MR) is 103 cm³/mol. The van der Waals surface area contributed by atoms with Crippen molar-refractivity contribution in [3.05, 3.63) is 77.5 Å². The Morgan fingerprint density at radius 2 is 1.93 bits per heavy atom. The molecule has 0 spiro atoms. The maximum atomic E-state index is 12.5. The van der Waals surface area contributed by atoms with Crippen LogP contribution in [0, 0.1) is 6.92 Å². The molecule has 1 aromatic carbocycles. The first kappa shape index (κ1) is 19.0. The molecule has 0 saturated heterocycles. The fraction of sp³-hybridized carbons (Fsp3) is 0.150. The van der Waals surface area contributed by atoms with Crippen molar-refractivity contribution in [1.29, 1.82) is 0 Å². The van der Waals surface area contributed by atoms with E-state index in [4.69, 9.17) is 4.74 Å². The van der Waals surface area contributed by atoms with Gasteiger partial charge >= 0.3 is 5.97 Å². The van der Waals surface area contributed by atoms with Crippen LogP contribution in [0.2, 0.25) is 0 Å². The van der Waals surface area contributed by atoms with Gasteiger partial charge in [-0.05, 0) is 30.7 Å². The van der Waals surface area contributed by atoms with Gasteiger partial charge in [-0.15, -0.1) is 0 Å². The van der Waals surface area contributed by atoms with E-state index in [2.05, 4.69) is 25.6 Å². The van der Waals surface area contributed by atoms with Gasteiger partial charge in [-0.3, -0.25) is 9.78 Å². The molecule has 142 valence electrons. The van der Waals surface area contributed by atoms with Gasteiger partial charge in [0.1, 0.15) is 17.3 Å². The van der Waals surface area contributed by atoms with Crippen LogP contribution in [0.4, 0.5) is 11.5 Å². The van der Waals surface area contributed by atoms with Crippen molar-refractivity contribution in [3.8, 4) is 0 Å². The lowest BCUT2D eigenvalue weighted by Crippen LogP contribution is -2.24. The van der Waals surface area contributed by atoms with E-state index in [1.165, 1.54) is 13.2 Å². The number of nitrogens with one attached hydrogen (secondary N) is 2. The molecule has 0 radical (unpaired) electrons. The number of pyridine rings is 1. The third-order valence-electron chi connectivity index (χ3n) is 3.84. The summed E-state index contributed by atoms with van der Waals surface area (Å²) in [6.45, 7) is 2.03. The fourth-order valence-electron chi connectivity index (χ4n) is 2.54. The highest BCUT2D eigenvalue weighted by atomic mass is 16.5. The maximum absolute atomic E-state index is 12.5. The molecule has 3 aromatic rings. The molecular weight excluding hydrogens is 358 g/mol. The molecule has 28 heavy (non-hydrogen) atoms. The van der Waals surface area contributed by atoms with Crippen molar-refractivity contribution in [2.24, 2.45) is 0 Å². The number of para-hydroxylation sites is 1. The summed E-state index contributed by atoms with van der Waals surface area (Å²) in [4.78, 5) is 36.9. The lowest BCUT2D eigenvalue weighted by atomic mass is 10.2. The van der Waals surface area contributed by atoms with Crippen LogP contribution in [0.15, 0.2) is 54.9 Å². The molecule has 1 amide bonds. The van der Waals surface area contributed by atoms with Gasteiger partial charge < -0.3 is 15.4 Å². The first-order valence-electron chi connectivity index (χ1n) is 8.54. The predicted octanol–water partition coefficient (Wildman–Crippen LogP) is 2.64. The van der Waals surface area contributed by atoms with Crippen LogP contribution in [0.3, 0.4) is 0 Å². The van der Waals surface area contributed by atoms with E-state index in [1.807, 2.05) is 6.07 Å². The zero-order chi connectivity index (χ0) is 19.9. The van der Waals surface area contributed by atoms with E-state index in [9.17, 15) is 9.59 Å². The Kier molecular flexibility index (Phi) is 5.91. The van der Waals surface area contributed by atoms with Gasteiger partial charge in [-0.25, -0.2) is 14.8 Å². The van der Waals surface area contributed by atoms with E-state index < -0.39 is 5.97 Å². The van der Waals surface area contributed by atoms with E-state index in [0.29, 0.717) is 29.4 Å². The number of anilines is 2. The zero-order valence-electron chi connectivity index (χ0n) is 15.5. The second-order valence-corrected chi connectivity index (χ2v) is 5.89. The van der Waals surface area contributed by atoms with Gasteiger partial charge in [-0.2, -0.15) is 0 Å². The number of ether oxygens (including phenoxy) is 1. The summed E-state index contributed by atoms with van der Waals surface area (Å²) in [6, 6.07) is 12.1.